The summed E-state index contributed by atoms with van der Waals surface area (Å²) in [6.45, 7) is 6.50. The zero-order chi connectivity index (χ0) is 23.1. The van der Waals surface area contributed by atoms with Crippen molar-refractivity contribution in [2.45, 2.75) is 45.3 Å². The predicted octanol–water partition coefficient (Wildman–Crippen LogP) is 4.73. The number of hydrogen-bond donors (Lipinski definition) is 2. The van der Waals surface area contributed by atoms with Gasteiger partial charge in [0, 0.05) is 22.9 Å². The first-order valence-corrected chi connectivity index (χ1v) is 11.8. The fourth-order valence-electron chi connectivity index (χ4n) is 3.16. The molecule has 0 spiro atoms. The van der Waals surface area contributed by atoms with E-state index >= 15 is 0 Å². The zero-order valence-corrected chi connectivity index (χ0v) is 19.9. The number of rotatable bonds is 9. The number of nitrogens with one attached hydrogen (secondary N) is 2. The minimum Gasteiger partial charge on any atom is -0.326 e. The molecule has 2 aromatic carbocycles. The number of carbonyl (C=O) groups is 2. The average molecular weight is 472 g/mol. The molecular formula is C23H26ClN5O2S. The van der Waals surface area contributed by atoms with Gasteiger partial charge in [-0.25, -0.2) is 0 Å². The van der Waals surface area contributed by atoms with Crippen LogP contribution in [0.15, 0.2) is 47.6 Å². The Kier molecular flexibility index (Phi) is 8.30. The van der Waals surface area contributed by atoms with Gasteiger partial charge in [-0.2, -0.15) is 0 Å². The van der Waals surface area contributed by atoms with Crippen LogP contribution >= 0.6 is 23.4 Å². The summed E-state index contributed by atoms with van der Waals surface area (Å²) in [7, 11) is 0. The summed E-state index contributed by atoms with van der Waals surface area (Å²) in [5.74, 6) is 0.418. The van der Waals surface area contributed by atoms with Gasteiger partial charge in [0.05, 0.1) is 12.2 Å². The maximum Gasteiger partial charge on any atom is 0.234 e. The van der Waals surface area contributed by atoms with Gasteiger partial charge < -0.3 is 15.2 Å². The van der Waals surface area contributed by atoms with Gasteiger partial charge in [0.2, 0.25) is 11.8 Å². The van der Waals surface area contributed by atoms with Gasteiger partial charge in [-0.1, -0.05) is 54.6 Å². The molecule has 1 heterocycles. The van der Waals surface area contributed by atoms with E-state index in [-0.39, 0.29) is 24.0 Å². The van der Waals surface area contributed by atoms with Gasteiger partial charge in [0.1, 0.15) is 5.82 Å². The number of hydrogen-bond acceptors (Lipinski definition) is 5. The lowest BCUT2D eigenvalue weighted by Crippen LogP contribution is -2.18. The van der Waals surface area contributed by atoms with Crippen molar-refractivity contribution in [3.63, 3.8) is 0 Å². The maximum absolute atomic E-state index is 12.5. The second-order valence-corrected chi connectivity index (χ2v) is 8.53. The summed E-state index contributed by atoms with van der Waals surface area (Å²) < 4.78 is 1.85. The molecule has 32 heavy (non-hydrogen) atoms. The van der Waals surface area contributed by atoms with Crippen LogP contribution in [0.25, 0.3) is 0 Å². The minimum atomic E-state index is -0.211. The van der Waals surface area contributed by atoms with Gasteiger partial charge in [-0.05, 0) is 49.6 Å². The standard InChI is InChI=1S/C23H26ClN5O2S/c1-4-16-8-6-7-9-19(16)26-22(31)14-32-23-28-27-20(29(23)5-2)13-21(30)25-17-11-10-15(3)18(24)12-17/h6-12H,4-5,13-14H2,1-3H3,(H,25,30)(H,26,31). The Balaban J connectivity index is 1.59. The lowest BCUT2D eigenvalue weighted by molar-refractivity contribution is -0.116. The molecule has 0 saturated carbocycles. The van der Waals surface area contributed by atoms with E-state index in [9.17, 15) is 9.59 Å². The van der Waals surface area contributed by atoms with E-state index in [0.717, 1.165) is 23.2 Å². The van der Waals surface area contributed by atoms with Crippen LogP contribution in [0.5, 0.6) is 0 Å². The average Bonchev–Trinajstić information content (AvgIpc) is 3.16. The second-order valence-electron chi connectivity index (χ2n) is 7.18. The molecular weight excluding hydrogens is 446 g/mol. The normalized spacial score (nSPS) is 10.8. The third-order valence-electron chi connectivity index (χ3n) is 4.89. The lowest BCUT2D eigenvalue weighted by Gasteiger charge is -2.10. The number of carbonyl (C=O) groups excluding carboxylic acids is 2. The Bertz CT molecular complexity index is 1120. The van der Waals surface area contributed by atoms with E-state index in [0.29, 0.717) is 28.2 Å². The first-order valence-electron chi connectivity index (χ1n) is 10.4. The Hall–Kier alpha value is -2.84. The van der Waals surface area contributed by atoms with Crippen LogP contribution in [0.4, 0.5) is 11.4 Å². The van der Waals surface area contributed by atoms with Crippen molar-refractivity contribution in [1.82, 2.24) is 14.8 Å². The number of aromatic nitrogens is 3. The fourth-order valence-corrected chi connectivity index (χ4v) is 4.16. The van der Waals surface area contributed by atoms with Gasteiger partial charge in [0.25, 0.3) is 0 Å². The van der Waals surface area contributed by atoms with Gasteiger partial charge in [0.15, 0.2) is 5.16 Å². The second kappa shape index (κ2) is 11.2. The molecule has 0 atom stereocenters. The highest BCUT2D eigenvalue weighted by atomic mass is 35.5. The highest BCUT2D eigenvalue weighted by molar-refractivity contribution is 7.99. The monoisotopic (exact) mass is 471 g/mol. The number of para-hydroxylation sites is 1. The first kappa shape index (κ1) is 23.8. The topological polar surface area (TPSA) is 88.9 Å². The number of amides is 2. The molecule has 1 aromatic heterocycles. The molecule has 0 aliphatic heterocycles. The molecule has 2 amide bonds. The molecule has 7 nitrogen and oxygen atoms in total. The highest BCUT2D eigenvalue weighted by Crippen LogP contribution is 2.22. The first-order chi connectivity index (χ1) is 15.4. The van der Waals surface area contributed by atoms with E-state index < -0.39 is 0 Å². The Labute approximate surface area is 197 Å². The smallest absolute Gasteiger partial charge is 0.234 e. The molecule has 0 unspecified atom stereocenters. The van der Waals surface area contributed by atoms with Gasteiger partial charge in [-0.3, -0.25) is 9.59 Å². The number of thioether (sulfide) groups is 1. The summed E-state index contributed by atoms with van der Waals surface area (Å²) in [4.78, 5) is 24.9. The molecule has 0 aliphatic carbocycles. The molecule has 3 aromatic rings. The van der Waals surface area contributed by atoms with Crippen LogP contribution in [-0.2, 0) is 29.0 Å². The largest absolute Gasteiger partial charge is 0.326 e. The molecule has 3 rings (SSSR count). The van der Waals surface area contributed by atoms with E-state index in [2.05, 4.69) is 27.8 Å². The minimum absolute atomic E-state index is 0.0724. The van der Waals surface area contributed by atoms with Gasteiger partial charge >= 0.3 is 0 Å². The van der Waals surface area contributed by atoms with Crippen molar-refractivity contribution in [1.29, 1.82) is 0 Å². The predicted molar refractivity (Wildman–Crippen MR) is 129 cm³/mol. The zero-order valence-electron chi connectivity index (χ0n) is 18.3. The van der Waals surface area contributed by atoms with Crippen molar-refractivity contribution in [3.05, 3.63) is 64.4 Å². The maximum atomic E-state index is 12.5. The van der Waals surface area contributed by atoms with Crippen molar-refractivity contribution in [2.24, 2.45) is 0 Å². The summed E-state index contributed by atoms with van der Waals surface area (Å²) in [6.07, 6.45) is 0.914. The van der Waals surface area contributed by atoms with Crippen molar-refractivity contribution in [3.8, 4) is 0 Å². The van der Waals surface area contributed by atoms with E-state index in [1.807, 2.05) is 48.7 Å². The van der Waals surface area contributed by atoms with Crippen molar-refractivity contribution >= 4 is 46.6 Å². The number of benzene rings is 2. The molecule has 2 N–H and O–H groups in total. The van der Waals surface area contributed by atoms with Gasteiger partial charge in [-0.15, -0.1) is 10.2 Å². The number of aryl methyl sites for hydroxylation is 2. The quantitative estimate of drug-likeness (QED) is 0.440. The molecule has 9 heteroatoms. The summed E-state index contributed by atoms with van der Waals surface area (Å²) in [5, 5.41) is 15.3. The Morgan fingerprint density at radius 1 is 1.06 bits per heavy atom. The molecule has 0 fully saturated rings. The summed E-state index contributed by atoms with van der Waals surface area (Å²) >= 11 is 7.42. The molecule has 0 saturated heterocycles. The van der Waals surface area contributed by atoms with Crippen LogP contribution in [0.3, 0.4) is 0 Å². The van der Waals surface area contributed by atoms with Crippen LogP contribution in [0.2, 0.25) is 5.02 Å². The fraction of sp³-hybridized carbons (Fsp3) is 0.304. The van der Waals surface area contributed by atoms with E-state index in [4.69, 9.17) is 11.6 Å². The summed E-state index contributed by atoms with van der Waals surface area (Å²) in [5.41, 5.74) is 3.49. The van der Waals surface area contributed by atoms with Crippen molar-refractivity contribution < 1.29 is 9.59 Å². The number of nitrogens with zero attached hydrogens (tertiary/aromatic N) is 3. The van der Waals surface area contributed by atoms with E-state index in [1.54, 1.807) is 12.1 Å². The van der Waals surface area contributed by atoms with Crippen LogP contribution in [0, 0.1) is 6.92 Å². The van der Waals surface area contributed by atoms with Crippen molar-refractivity contribution in [2.75, 3.05) is 16.4 Å². The van der Waals surface area contributed by atoms with Crippen LogP contribution < -0.4 is 10.6 Å². The number of anilines is 2. The molecule has 0 radical (unpaired) electrons. The molecule has 0 bridgehead atoms. The number of halogens is 1. The third-order valence-corrected chi connectivity index (χ3v) is 6.26. The highest BCUT2D eigenvalue weighted by Gasteiger charge is 2.16. The Morgan fingerprint density at radius 2 is 1.84 bits per heavy atom. The molecule has 0 aliphatic rings. The summed E-state index contributed by atoms with van der Waals surface area (Å²) in [6, 6.07) is 13.1. The van der Waals surface area contributed by atoms with Crippen LogP contribution in [-0.4, -0.2) is 32.3 Å². The SMILES string of the molecule is CCc1ccccc1NC(=O)CSc1nnc(CC(=O)Nc2ccc(C)c(Cl)c2)n1CC. The van der Waals surface area contributed by atoms with E-state index in [1.165, 1.54) is 11.8 Å². The third kappa shape index (κ3) is 6.11. The lowest BCUT2D eigenvalue weighted by atomic mass is 10.1. The Morgan fingerprint density at radius 3 is 2.56 bits per heavy atom. The molecule has 168 valence electrons. The van der Waals surface area contributed by atoms with Crippen LogP contribution in [0.1, 0.15) is 30.8 Å².